The van der Waals surface area contributed by atoms with Crippen molar-refractivity contribution in [1.82, 2.24) is 34.4 Å². The van der Waals surface area contributed by atoms with Crippen molar-refractivity contribution in [3.05, 3.63) is 106 Å². The summed E-state index contributed by atoms with van der Waals surface area (Å²) in [4.78, 5) is 64.1. The van der Waals surface area contributed by atoms with E-state index >= 15 is 0 Å². The molecule has 0 spiro atoms. The van der Waals surface area contributed by atoms with E-state index in [9.17, 15) is 19.2 Å². The van der Waals surface area contributed by atoms with Gasteiger partial charge in [0.1, 0.15) is 12.4 Å². The number of likely N-dealkylation sites (tertiary alicyclic amines) is 2. The third-order valence-electron chi connectivity index (χ3n) is 11.8. The normalized spacial score (nSPS) is 17.7. The summed E-state index contributed by atoms with van der Waals surface area (Å²) in [5, 5.41) is 4.58. The summed E-state index contributed by atoms with van der Waals surface area (Å²) in [6, 6.07) is 23.7. The Bertz CT molecular complexity index is 2060. The van der Waals surface area contributed by atoms with Gasteiger partial charge < -0.3 is 24.0 Å². The van der Waals surface area contributed by atoms with Crippen molar-refractivity contribution in [2.24, 2.45) is 0 Å². The summed E-state index contributed by atoms with van der Waals surface area (Å²) in [6.45, 7) is 12.2. The molecule has 1 atom stereocenters. The van der Waals surface area contributed by atoms with E-state index in [2.05, 4.69) is 19.9 Å². The van der Waals surface area contributed by atoms with Gasteiger partial charge in [-0.05, 0) is 68.7 Å². The van der Waals surface area contributed by atoms with Crippen LogP contribution >= 0.6 is 0 Å². The maximum absolute atomic E-state index is 14.4. The number of piperidine rings is 2. The molecule has 1 aromatic heterocycles. The highest BCUT2D eigenvalue weighted by atomic mass is 16.6. The van der Waals surface area contributed by atoms with Crippen LogP contribution in [0.5, 0.6) is 5.75 Å². The van der Waals surface area contributed by atoms with E-state index in [4.69, 9.17) is 14.2 Å². The number of aromatic nitrogens is 3. The molecule has 3 aromatic carbocycles. The van der Waals surface area contributed by atoms with Gasteiger partial charge in [0, 0.05) is 70.4 Å². The fourth-order valence-corrected chi connectivity index (χ4v) is 8.64. The highest BCUT2D eigenvalue weighted by molar-refractivity contribution is 5.84. The zero-order chi connectivity index (χ0) is 41.3. The Balaban J connectivity index is 0.995. The van der Waals surface area contributed by atoms with Crippen LogP contribution in [0.2, 0.25) is 0 Å². The number of carbonyl (C=O) groups is 3. The summed E-state index contributed by atoms with van der Waals surface area (Å²) >= 11 is 0. The molecule has 0 aliphatic carbocycles. The summed E-state index contributed by atoms with van der Waals surface area (Å²) in [7, 11) is 0. The average Bonchev–Trinajstić information content (AvgIpc) is 3.65. The first kappa shape index (κ1) is 41.7. The number of H-pyrrole nitrogens is 1. The average molecular weight is 808 g/mol. The number of nitrogens with one attached hydrogen (secondary N) is 1. The smallest absolute Gasteiger partial charge is 0.410 e. The SMILES string of the molecule is CCOC(=O)CN1CCN(C2CCN(C(=O)[C@@H](Cc3cc(C)c(OCc4ccccc4)c(C)c3)OC(=O)N3CCC(n4nc(-c5ccccc5)[nH]c4=O)CC3)CC2)CC1. The Hall–Kier alpha value is -5.47. The summed E-state index contributed by atoms with van der Waals surface area (Å²) in [5.41, 5.74) is 4.41. The van der Waals surface area contributed by atoms with Gasteiger partial charge in [0.25, 0.3) is 5.91 Å². The Morgan fingerprint density at radius 1 is 0.780 bits per heavy atom. The van der Waals surface area contributed by atoms with Gasteiger partial charge in [-0.2, -0.15) is 0 Å². The molecule has 0 radical (unpaired) electrons. The van der Waals surface area contributed by atoms with Crippen LogP contribution in [0, 0.1) is 13.8 Å². The first-order valence-corrected chi connectivity index (χ1v) is 21.0. The van der Waals surface area contributed by atoms with Crippen LogP contribution in [0.4, 0.5) is 4.79 Å². The van der Waals surface area contributed by atoms with Crippen molar-refractivity contribution in [1.29, 1.82) is 0 Å². The Kier molecular flexibility index (Phi) is 13.8. The molecule has 0 saturated carbocycles. The number of benzene rings is 3. The second-order valence-corrected chi connectivity index (χ2v) is 15.9. The van der Waals surface area contributed by atoms with Crippen LogP contribution in [0.3, 0.4) is 0 Å². The first-order valence-electron chi connectivity index (χ1n) is 21.0. The summed E-state index contributed by atoms with van der Waals surface area (Å²) in [6.07, 6.45) is 1.38. The molecule has 3 aliphatic rings. The van der Waals surface area contributed by atoms with Crippen molar-refractivity contribution in [2.75, 3.05) is 65.5 Å². The van der Waals surface area contributed by atoms with Crippen LogP contribution in [0.15, 0.2) is 77.6 Å². The van der Waals surface area contributed by atoms with E-state index in [0.29, 0.717) is 70.6 Å². The van der Waals surface area contributed by atoms with Gasteiger partial charge in [0.05, 0.1) is 19.2 Å². The fourth-order valence-electron chi connectivity index (χ4n) is 8.64. The number of aromatic amines is 1. The lowest BCUT2D eigenvalue weighted by atomic mass is 9.98. The number of aryl methyl sites for hydroxylation is 2. The molecule has 3 fully saturated rings. The van der Waals surface area contributed by atoms with E-state index < -0.39 is 12.2 Å². The molecule has 1 N–H and O–H groups in total. The zero-order valence-corrected chi connectivity index (χ0v) is 34.5. The van der Waals surface area contributed by atoms with Gasteiger partial charge in [0.15, 0.2) is 11.9 Å². The largest absolute Gasteiger partial charge is 0.488 e. The minimum Gasteiger partial charge on any atom is -0.488 e. The maximum Gasteiger partial charge on any atom is 0.410 e. The molecule has 314 valence electrons. The lowest BCUT2D eigenvalue weighted by molar-refractivity contribution is -0.145. The molecule has 14 heteroatoms. The van der Waals surface area contributed by atoms with E-state index in [-0.39, 0.29) is 30.0 Å². The quantitative estimate of drug-likeness (QED) is 0.184. The number of amides is 2. The number of esters is 1. The summed E-state index contributed by atoms with van der Waals surface area (Å²) in [5.74, 6) is 0.935. The monoisotopic (exact) mass is 807 g/mol. The number of rotatable bonds is 13. The number of carbonyl (C=O) groups excluding carboxylic acids is 3. The predicted molar refractivity (Wildman–Crippen MR) is 223 cm³/mol. The van der Waals surface area contributed by atoms with Crippen LogP contribution < -0.4 is 10.4 Å². The van der Waals surface area contributed by atoms with Crippen molar-refractivity contribution >= 4 is 18.0 Å². The van der Waals surface area contributed by atoms with E-state index in [1.165, 1.54) is 4.68 Å². The zero-order valence-electron chi connectivity index (χ0n) is 34.5. The van der Waals surface area contributed by atoms with Crippen LogP contribution in [0.1, 0.15) is 60.9 Å². The molecular weight excluding hydrogens is 751 g/mol. The van der Waals surface area contributed by atoms with E-state index in [1.807, 2.05) is 98.5 Å². The molecule has 14 nitrogen and oxygen atoms in total. The fraction of sp³-hybridized carbons (Fsp3) is 0.489. The van der Waals surface area contributed by atoms with Crippen LogP contribution in [-0.4, -0.2) is 130 Å². The van der Waals surface area contributed by atoms with Crippen molar-refractivity contribution in [3.8, 4) is 17.1 Å². The van der Waals surface area contributed by atoms with Gasteiger partial charge in [-0.15, -0.1) is 5.10 Å². The Labute approximate surface area is 346 Å². The number of hydrogen-bond acceptors (Lipinski definition) is 10. The topological polar surface area (TPSA) is 143 Å². The molecule has 4 heterocycles. The van der Waals surface area contributed by atoms with Crippen LogP contribution in [0.25, 0.3) is 11.4 Å². The highest BCUT2D eigenvalue weighted by Gasteiger charge is 2.36. The Morgan fingerprint density at radius 2 is 1.39 bits per heavy atom. The van der Waals surface area contributed by atoms with Gasteiger partial charge in [0.2, 0.25) is 0 Å². The van der Waals surface area contributed by atoms with Gasteiger partial charge >= 0.3 is 17.8 Å². The first-order chi connectivity index (χ1) is 28.6. The molecule has 0 unspecified atom stereocenters. The number of nitrogens with zero attached hydrogens (tertiary/aromatic N) is 6. The minimum absolute atomic E-state index is 0.173. The lowest BCUT2D eigenvalue weighted by Crippen LogP contribution is -2.55. The van der Waals surface area contributed by atoms with Crippen molar-refractivity contribution in [3.63, 3.8) is 0 Å². The number of ether oxygens (including phenoxy) is 3. The van der Waals surface area contributed by atoms with Crippen LogP contribution in [-0.2, 0) is 32.1 Å². The van der Waals surface area contributed by atoms with E-state index in [1.54, 1.807) is 4.90 Å². The van der Waals surface area contributed by atoms with Gasteiger partial charge in [-0.25, -0.2) is 14.3 Å². The predicted octanol–water partition coefficient (Wildman–Crippen LogP) is 4.99. The summed E-state index contributed by atoms with van der Waals surface area (Å²) < 4.78 is 19.0. The third-order valence-corrected chi connectivity index (χ3v) is 11.8. The van der Waals surface area contributed by atoms with Crippen molar-refractivity contribution in [2.45, 2.75) is 77.7 Å². The molecular formula is C45H57N7O7. The van der Waals surface area contributed by atoms with Crippen molar-refractivity contribution < 1.29 is 28.6 Å². The second kappa shape index (κ2) is 19.5. The molecule has 4 aromatic rings. The molecule has 7 rings (SSSR count). The molecule has 3 saturated heterocycles. The molecule has 59 heavy (non-hydrogen) atoms. The van der Waals surface area contributed by atoms with Gasteiger partial charge in [-0.1, -0.05) is 72.8 Å². The van der Waals surface area contributed by atoms with Gasteiger partial charge in [-0.3, -0.25) is 24.4 Å². The lowest BCUT2D eigenvalue weighted by Gasteiger charge is -2.43. The highest BCUT2D eigenvalue weighted by Crippen LogP contribution is 2.29. The third kappa shape index (κ3) is 10.6. The van der Waals surface area contributed by atoms with E-state index in [0.717, 1.165) is 72.6 Å². The Morgan fingerprint density at radius 3 is 2.03 bits per heavy atom. The second-order valence-electron chi connectivity index (χ2n) is 15.9. The maximum atomic E-state index is 14.4. The number of hydrogen-bond donors (Lipinski definition) is 1. The minimum atomic E-state index is -1.01. The number of piperazine rings is 1. The molecule has 2 amide bonds. The standard InChI is InChI=1S/C45H57N7O7/c1-4-57-40(53)30-48-23-25-49(26-24-48)37-15-19-50(20-16-37)43(54)39(29-35-27-32(2)41(33(3)28-35)58-31-34-11-7-5-8-12-34)59-45(56)51-21-17-38(18-22-51)52-44(55)46-42(47-52)36-13-9-6-10-14-36/h5-14,27-28,37-39H,4,15-26,29-31H2,1-3H3,(H,46,47,55)/t39-/m1/s1. The molecule has 0 bridgehead atoms. The molecule has 3 aliphatic heterocycles.